The van der Waals surface area contributed by atoms with E-state index in [4.69, 9.17) is 4.74 Å². The quantitative estimate of drug-likeness (QED) is 0.682. The molecule has 144 valence electrons. The number of rotatable bonds is 4. The van der Waals surface area contributed by atoms with Gasteiger partial charge in [-0.1, -0.05) is 66.2 Å². The minimum Gasteiger partial charge on any atom is -0.465 e. The number of fused-ring (bicyclic) bond motifs is 1. The van der Waals surface area contributed by atoms with Crippen molar-refractivity contribution in [1.82, 2.24) is 4.90 Å². The summed E-state index contributed by atoms with van der Waals surface area (Å²) in [6.45, 7) is 3.50. The summed E-state index contributed by atoms with van der Waals surface area (Å²) in [4.78, 5) is 12.9. The Bertz CT molecular complexity index is 967. The van der Waals surface area contributed by atoms with Crippen molar-refractivity contribution in [2.24, 2.45) is 0 Å². The highest BCUT2D eigenvalue weighted by Gasteiger charge is 2.33. The predicted octanol–water partition coefficient (Wildman–Crippen LogP) is 5.20. The van der Waals surface area contributed by atoms with E-state index >= 15 is 0 Å². The summed E-state index contributed by atoms with van der Waals surface area (Å²) in [5.74, 6) is 0.205. The van der Waals surface area contributed by atoms with Crippen LogP contribution >= 0.6 is 0 Å². The Balaban J connectivity index is 1.53. The summed E-state index contributed by atoms with van der Waals surface area (Å²) in [7, 11) is 0. The van der Waals surface area contributed by atoms with E-state index in [0.717, 1.165) is 12.0 Å². The zero-order valence-corrected chi connectivity index (χ0v) is 16.0. The number of benzene rings is 3. The number of likely N-dealkylation sites (tertiary alicyclic amines) is 1. The smallest absolute Gasteiger partial charge is 0.407 e. The fraction of sp³-hybridized carbons (Fsp3) is 0.292. The van der Waals surface area contributed by atoms with Gasteiger partial charge in [0.25, 0.3) is 0 Å². The molecule has 0 radical (unpaired) electrons. The van der Waals surface area contributed by atoms with Gasteiger partial charge in [-0.25, -0.2) is 4.79 Å². The molecule has 1 amide bonds. The van der Waals surface area contributed by atoms with Gasteiger partial charge in [-0.3, -0.25) is 0 Å². The molecule has 4 nitrogen and oxygen atoms in total. The molecular weight excluding hydrogens is 350 g/mol. The minimum atomic E-state index is -0.873. The van der Waals surface area contributed by atoms with Crippen molar-refractivity contribution in [3.05, 3.63) is 83.4 Å². The third-order valence-electron chi connectivity index (χ3n) is 5.61. The molecule has 1 fully saturated rings. The molecule has 0 aliphatic carbocycles. The lowest BCUT2D eigenvalue weighted by atomic mass is 9.86. The normalized spacial score (nSPS) is 19.7. The molecule has 1 aliphatic heterocycles. The first-order chi connectivity index (χ1) is 13.6. The van der Waals surface area contributed by atoms with Crippen LogP contribution in [0, 0.1) is 6.92 Å². The maximum atomic E-state index is 11.5. The maximum absolute atomic E-state index is 11.5. The number of hydrogen-bond donors (Lipinski definition) is 1. The van der Waals surface area contributed by atoms with Crippen LogP contribution in [0.3, 0.4) is 0 Å². The molecule has 0 bridgehead atoms. The van der Waals surface area contributed by atoms with Crippen LogP contribution in [-0.4, -0.2) is 35.3 Å². The van der Waals surface area contributed by atoms with Crippen LogP contribution in [0.15, 0.2) is 66.7 Å². The average molecular weight is 375 g/mol. The Morgan fingerprint density at radius 3 is 2.57 bits per heavy atom. The van der Waals surface area contributed by atoms with Gasteiger partial charge in [-0.15, -0.1) is 0 Å². The Labute approximate surface area is 165 Å². The molecular formula is C24H25NO3. The summed E-state index contributed by atoms with van der Waals surface area (Å²) in [5.41, 5.74) is 3.55. The van der Waals surface area contributed by atoms with Gasteiger partial charge in [0.05, 0.1) is 19.3 Å². The van der Waals surface area contributed by atoms with Crippen LogP contribution in [0.4, 0.5) is 4.79 Å². The molecule has 4 rings (SSSR count). The van der Waals surface area contributed by atoms with Gasteiger partial charge >= 0.3 is 6.09 Å². The number of carbonyl (C=O) groups is 1. The fourth-order valence-electron chi connectivity index (χ4n) is 3.99. The molecule has 4 heteroatoms. The highest BCUT2D eigenvalue weighted by Crippen LogP contribution is 2.31. The van der Waals surface area contributed by atoms with E-state index in [1.165, 1.54) is 26.8 Å². The van der Waals surface area contributed by atoms with Crippen LogP contribution in [0.2, 0.25) is 0 Å². The molecule has 0 saturated carbocycles. The minimum absolute atomic E-state index is 0.154. The lowest BCUT2D eigenvalue weighted by Gasteiger charge is -2.37. The molecule has 2 unspecified atom stereocenters. The fourth-order valence-corrected chi connectivity index (χ4v) is 3.99. The van der Waals surface area contributed by atoms with E-state index in [0.29, 0.717) is 19.7 Å². The first kappa shape index (κ1) is 18.5. The van der Waals surface area contributed by atoms with Crippen molar-refractivity contribution >= 4 is 16.9 Å². The van der Waals surface area contributed by atoms with Gasteiger partial charge in [0.2, 0.25) is 0 Å². The first-order valence-corrected chi connectivity index (χ1v) is 9.74. The molecule has 28 heavy (non-hydrogen) atoms. The number of ether oxygens (including phenoxy) is 1. The Morgan fingerprint density at radius 2 is 1.82 bits per heavy atom. The summed E-state index contributed by atoms with van der Waals surface area (Å²) in [6.07, 6.45) is -0.252. The van der Waals surface area contributed by atoms with Crippen LogP contribution < -0.4 is 0 Å². The monoisotopic (exact) mass is 375 g/mol. The predicted molar refractivity (Wildman–Crippen MR) is 111 cm³/mol. The van der Waals surface area contributed by atoms with Crippen molar-refractivity contribution in [2.45, 2.75) is 32.0 Å². The number of hydrogen-bond acceptors (Lipinski definition) is 2. The van der Waals surface area contributed by atoms with Gasteiger partial charge in [-0.05, 0) is 41.3 Å². The molecule has 1 saturated heterocycles. The Morgan fingerprint density at radius 1 is 1.07 bits per heavy atom. The number of amides is 1. The third kappa shape index (κ3) is 4.02. The van der Waals surface area contributed by atoms with Crippen molar-refractivity contribution in [3.63, 3.8) is 0 Å². The topological polar surface area (TPSA) is 49.8 Å². The number of nitrogens with zero attached hydrogens (tertiary/aromatic N) is 1. The van der Waals surface area contributed by atoms with Crippen molar-refractivity contribution in [3.8, 4) is 0 Å². The van der Waals surface area contributed by atoms with Gasteiger partial charge in [0.1, 0.15) is 0 Å². The Hall–Kier alpha value is -2.85. The molecule has 3 aromatic rings. The van der Waals surface area contributed by atoms with Crippen LogP contribution in [0.25, 0.3) is 10.8 Å². The summed E-state index contributed by atoms with van der Waals surface area (Å²) in [6, 6.07) is 23.1. The summed E-state index contributed by atoms with van der Waals surface area (Å²) >= 11 is 0. The molecule has 2 atom stereocenters. The van der Waals surface area contributed by atoms with E-state index in [1.54, 1.807) is 0 Å². The summed E-state index contributed by atoms with van der Waals surface area (Å²) < 4.78 is 6.29. The number of piperidine rings is 1. The molecule has 1 N–H and O–H groups in total. The zero-order valence-electron chi connectivity index (χ0n) is 16.0. The van der Waals surface area contributed by atoms with Crippen molar-refractivity contribution < 1.29 is 14.6 Å². The molecule has 0 aromatic heterocycles. The molecule has 1 aliphatic rings. The first-order valence-electron chi connectivity index (χ1n) is 9.74. The highest BCUT2D eigenvalue weighted by atomic mass is 16.5. The third-order valence-corrected chi connectivity index (χ3v) is 5.61. The number of carboxylic acid groups (broad SMARTS) is 1. The second-order valence-corrected chi connectivity index (χ2v) is 7.57. The highest BCUT2D eigenvalue weighted by molar-refractivity contribution is 5.82. The van der Waals surface area contributed by atoms with E-state index in [1.807, 2.05) is 12.1 Å². The maximum Gasteiger partial charge on any atom is 0.407 e. The van der Waals surface area contributed by atoms with Crippen LogP contribution in [0.1, 0.15) is 29.0 Å². The van der Waals surface area contributed by atoms with Crippen molar-refractivity contribution in [1.29, 1.82) is 0 Å². The molecule has 1 heterocycles. The van der Waals surface area contributed by atoms with E-state index in [9.17, 15) is 9.90 Å². The van der Waals surface area contributed by atoms with Crippen LogP contribution in [0.5, 0.6) is 0 Å². The summed E-state index contributed by atoms with van der Waals surface area (Å²) in [5, 5.41) is 11.8. The zero-order chi connectivity index (χ0) is 19.5. The standard InChI is InChI=1S/C24H25NO3/c1-17-6-9-20(10-7-17)22-12-13-25(24(26)27)15-23(22)28-16-18-8-11-19-4-2-3-5-21(19)14-18/h2-11,14,22-23H,12-13,15-16H2,1H3,(H,26,27). The van der Waals surface area contributed by atoms with E-state index in [2.05, 4.69) is 61.5 Å². The largest absolute Gasteiger partial charge is 0.465 e. The van der Waals surface area contributed by atoms with Gasteiger partial charge in [0.15, 0.2) is 0 Å². The van der Waals surface area contributed by atoms with Crippen LogP contribution in [-0.2, 0) is 11.3 Å². The SMILES string of the molecule is Cc1ccc(C2CCN(C(=O)O)CC2OCc2ccc3ccccc3c2)cc1. The van der Waals surface area contributed by atoms with Gasteiger partial charge < -0.3 is 14.7 Å². The lowest BCUT2D eigenvalue weighted by molar-refractivity contribution is -0.0199. The Kier molecular flexibility index (Phi) is 5.31. The van der Waals surface area contributed by atoms with Crippen molar-refractivity contribution in [2.75, 3.05) is 13.1 Å². The second kappa shape index (κ2) is 8.03. The van der Waals surface area contributed by atoms with Gasteiger partial charge in [0, 0.05) is 12.5 Å². The van der Waals surface area contributed by atoms with E-state index < -0.39 is 6.09 Å². The molecule has 3 aromatic carbocycles. The van der Waals surface area contributed by atoms with E-state index in [-0.39, 0.29) is 12.0 Å². The lowest BCUT2D eigenvalue weighted by Crippen LogP contribution is -2.46. The average Bonchev–Trinajstić information content (AvgIpc) is 2.72. The second-order valence-electron chi connectivity index (χ2n) is 7.57. The number of aryl methyl sites for hydroxylation is 1. The molecule has 0 spiro atoms. The van der Waals surface area contributed by atoms with Gasteiger partial charge in [-0.2, -0.15) is 0 Å².